The van der Waals surface area contributed by atoms with E-state index in [9.17, 15) is 4.21 Å². The van der Waals surface area contributed by atoms with E-state index >= 15 is 0 Å². The normalized spacial score (nSPS) is 28.8. The molecule has 0 spiro atoms. The lowest BCUT2D eigenvalue weighted by molar-refractivity contribution is 0.603. The summed E-state index contributed by atoms with van der Waals surface area (Å²) in [6.45, 7) is 12.0. The van der Waals surface area contributed by atoms with Gasteiger partial charge >= 0.3 is 0 Å². The fourth-order valence-corrected chi connectivity index (χ4v) is 3.55. The van der Waals surface area contributed by atoms with Crippen LogP contribution in [0.1, 0.15) is 37.9 Å². The lowest BCUT2D eigenvalue weighted by Gasteiger charge is -2.18. The van der Waals surface area contributed by atoms with Crippen LogP contribution in [0.25, 0.3) is 0 Å². The summed E-state index contributed by atoms with van der Waals surface area (Å²) in [5, 5.41) is 0. The first-order valence-corrected chi connectivity index (χ1v) is 7.36. The summed E-state index contributed by atoms with van der Waals surface area (Å²) >= 11 is 0. The first-order chi connectivity index (χ1) is 8.36. The Labute approximate surface area is 112 Å². The van der Waals surface area contributed by atoms with Gasteiger partial charge in [-0.1, -0.05) is 35.9 Å². The van der Waals surface area contributed by atoms with Gasteiger partial charge < -0.3 is 0 Å². The molecule has 0 saturated carbocycles. The van der Waals surface area contributed by atoms with Crippen LogP contribution in [0.4, 0.5) is 0 Å². The van der Waals surface area contributed by atoms with E-state index < -0.39 is 11.0 Å². The zero-order valence-electron chi connectivity index (χ0n) is 11.5. The molecule has 1 aliphatic rings. The Morgan fingerprint density at radius 3 is 2.28 bits per heavy atom. The molecule has 1 aromatic rings. The minimum Gasteiger partial charge on any atom is -0.242 e. The summed E-state index contributed by atoms with van der Waals surface area (Å²) < 4.78 is 14.3. The maximum Gasteiger partial charge on any atom is 0.101 e. The number of nitrogens with zero attached hydrogens (tertiary/aromatic N) is 1. The molecule has 0 amide bonds. The summed E-state index contributed by atoms with van der Waals surface area (Å²) in [4.78, 5) is 0. The van der Waals surface area contributed by atoms with Crippen LogP contribution in [0.15, 0.2) is 36.9 Å². The number of hydrogen-bond donors (Lipinski definition) is 0. The van der Waals surface area contributed by atoms with Gasteiger partial charge in [-0.2, -0.15) is 0 Å². The quantitative estimate of drug-likeness (QED) is 0.605. The van der Waals surface area contributed by atoms with Crippen LogP contribution < -0.4 is 0 Å². The summed E-state index contributed by atoms with van der Waals surface area (Å²) in [6.07, 6.45) is 1.90. The molecular weight excluding hydrogens is 242 g/mol. The third-order valence-corrected chi connectivity index (χ3v) is 5.08. The van der Waals surface area contributed by atoms with Crippen molar-refractivity contribution in [1.29, 1.82) is 0 Å². The Kier molecular flexibility index (Phi) is 3.47. The lowest BCUT2D eigenvalue weighted by atomic mass is 10.1. The van der Waals surface area contributed by atoms with Crippen LogP contribution in [-0.2, 0) is 11.0 Å². The van der Waals surface area contributed by atoms with Crippen LogP contribution in [0, 0.1) is 6.92 Å². The average Bonchev–Trinajstić information content (AvgIpc) is 3.01. The molecule has 1 aliphatic heterocycles. The van der Waals surface area contributed by atoms with Gasteiger partial charge in [-0.3, -0.25) is 0 Å². The van der Waals surface area contributed by atoms with E-state index in [0.717, 1.165) is 0 Å². The van der Waals surface area contributed by atoms with Crippen molar-refractivity contribution >= 4 is 11.0 Å². The van der Waals surface area contributed by atoms with Gasteiger partial charge in [-0.25, -0.2) is 8.51 Å². The summed E-state index contributed by atoms with van der Waals surface area (Å²) in [6, 6.07) is 8.88. The van der Waals surface area contributed by atoms with Gasteiger partial charge in [0.15, 0.2) is 0 Å². The largest absolute Gasteiger partial charge is 0.242 e. The topological polar surface area (TPSA) is 20.1 Å². The Morgan fingerprint density at radius 1 is 1.28 bits per heavy atom. The highest BCUT2D eigenvalue weighted by Gasteiger charge is 2.52. The lowest BCUT2D eigenvalue weighted by Crippen LogP contribution is -2.28. The maximum absolute atomic E-state index is 12.4. The van der Waals surface area contributed by atoms with Gasteiger partial charge in [0.1, 0.15) is 11.0 Å². The molecule has 0 N–H and O–H groups in total. The van der Waals surface area contributed by atoms with Crippen molar-refractivity contribution in [3.63, 3.8) is 0 Å². The van der Waals surface area contributed by atoms with E-state index in [1.54, 1.807) is 0 Å². The standard InChI is InChI=1S/C15H21NOS/c1-6-13-14(12-9-7-11(2)8-10-12)16(13)18(17)15(3,4)5/h6-10,13-14H,1H2,2-5H3/t13-,14-,16?,18?/m1/s1. The minimum absolute atomic E-state index is 0.202. The van der Waals surface area contributed by atoms with Crippen LogP contribution in [-0.4, -0.2) is 19.3 Å². The number of hydrogen-bond acceptors (Lipinski definition) is 1. The number of aryl methyl sites for hydroxylation is 1. The molecule has 2 nitrogen and oxygen atoms in total. The Hall–Kier alpha value is -0.930. The molecule has 3 heteroatoms. The monoisotopic (exact) mass is 263 g/mol. The second-order valence-electron chi connectivity index (χ2n) is 5.80. The van der Waals surface area contributed by atoms with E-state index in [2.05, 4.69) is 37.8 Å². The van der Waals surface area contributed by atoms with E-state index in [4.69, 9.17) is 0 Å². The molecule has 0 radical (unpaired) electrons. The highest BCUT2D eigenvalue weighted by molar-refractivity contribution is 7.84. The number of rotatable bonds is 3. The van der Waals surface area contributed by atoms with E-state index in [0.29, 0.717) is 0 Å². The molecule has 4 atom stereocenters. The Balaban J connectivity index is 2.23. The van der Waals surface area contributed by atoms with Crippen LogP contribution in [0.5, 0.6) is 0 Å². The van der Waals surface area contributed by atoms with Crippen LogP contribution >= 0.6 is 0 Å². The molecular formula is C15H21NOS. The fraction of sp³-hybridized carbons (Fsp3) is 0.467. The van der Waals surface area contributed by atoms with Crippen molar-refractivity contribution < 1.29 is 4.21 Å². The molecule has 98 valence electrons. The fourth-order valence-electron chi connectivity index (χ4n) is 2.10. The SMILES string of the molecule is C=C[C@@H]1[C@@H](c2ccc(C)cc2)N1S(=O)C(C)(C)C. The van der Waals surface area contributed by atoms with Crippen molar-refractivity contribution in [3.05, 3.63) is 48.0 Å². The smallest absolute Gasteiger partial charge is 0.101 e. The molecule has 1 fully saturated rings. The predicted molar refractivity (Wildman–Crippen MR) is 77.6 cm³/mol. The van der Waals surface area contributed by atoms with Crippen LogP contribution in [0.3, 0.4) is 0 Å². The van der Waals surface area contributed by atoms with Gasteiger partial charge in [-0.05, 0) is 33.3 Å². The second kappa shape index (κ2) is 4.63. The molecule has 1 saturated heterocycles. The van der Waals surface area contributed by atoms with Crippen molar-refractivity contribution in [3.8, 4) is 0 Å². The van der Waals surface area contributed by atoms with Gasteiger partial charge in [0, 0.05) is 0 Å². The highest BCUT2D eigenvalue weighted by atomic mass is 32.2. The molecule has 1 heterocycles. The summed E-state index contributed by atoms with van der Waals surface area (Å²) in [5.74, 6) is 0. The van der Waals surface area contributed by atoms with Gasteiger partial charge in [-0.15, -0.1) is 6.58 Å². The van der Waals surface area contributed by atoms with E-state index in [-0.39, 0.29) is 16.8 Å². The van der Waals surface area contributed by atoms with Gasteiger partial charge in [0.2, 0.25) is 0 Å². The first kappa shape index (κ1) is 13.5. The minimum atomic E-state index is -0.982. The third kappa shape index (κ3) is 2.43. The van der Waals surface area contributed by atoms with Gasteiger partial charge in [0.25, 0.3) is 0 Å². The zero-order valence-corrected chi connectivity index (χ0v) is 12.3. The van der Waals surface area contributed by atoms with Crippen LogP contribution in [0.2, 0.25) is 0 Å². The van der Waals surface area contributed by atoms with Crippen molar-refractivity contribution in [1.82, 2.24) is 4.31 Å². The molecule has 2 unspecified atom stereocenters. The van der Waals surface area contributed by atoms with Crippen molar-refractivity contribution in [2.75, 3.05) is 0 Å². The molecule has 2 rings (SSSR count). The third-order valence-electron chi connectivity index (χ3n) is 3.18. The molecule has 0 aliphatic carbocycles. The Bertz CT molecular complexity index is 472. The second-order valence-corrected chi connectivity index (χ2v) is 7.95. The highest BCUT2D eigenvalue weighted by Crippen LogP contribution is 2.47. The van der Waals surface area contributed by atoms with Gasteiger partial charge in [0.05, 0.1) is 16.8 Å². The van der Waals surface area contributed by atoms with Crippen molar-refractivity contribution in [2.45, 2.75) is 44.5 Å². The number of benzene rings is 1. The Morgan fingerprint density at radius 2 is 1.83 bits per heavy atom. The molecule has 1 aromatic carbocycles. The molecule has 0 aromatic heterocycles. The average molecular weight is 263 g/mol. The van der Waals surface area contributed by atoms with E-state index in [1.807, 2.05) is 31.2 Å². The zero-order chi connectivity index (χ0) is 13.5. The maximum atomic E-state index is 12.4. The molecule has 18 heavy (non-hydrogen) atoms. The summed E-state index contributed by atoms with van der Waals surface area (Å²) in [7, 11) is -0.982. The molecule has 0 bridgehead atoms. The van der Waals surface area contributed by atoms with Crippen molar-refractivity contribution in [2.24, 2.45) is 0 Å². The first-order valence-electron chi connectivity index (χ1n) is 6.25. The van der Waals surface area contributed by atoms with E-state index in [1.165, 1.54) is 11.1 Å². The predicted octanol–water partition coefficient (Wildman–Crippen LogP) is 3.37. The summed E-state index contributed by atoms with van der Waals surface area (Å²) in [5.41, 5.74) is 2.47.